The van der Waals surface area contributed by atoms with E-state index in [9.17, 15) is 14.0 Å². The van der Waals surface area contributed by atoms with Crippen molar-refractivity contribution in [3.63, 3.8) is 0 Å². The first-order chi connectivity index (χ1) is 9.10. The summed E-state index contributed by atoms with van der Waals surface area (Å²) in [5.74, 6) is -1.74. The summed E-state index contributed by atoms with van der Waals surface area (Å²) in [6.45, 7) is -1.11. The van der Waals surface area contributed by atoms with Crippen LogP contribution in [0.25, 0.3) is 0 Å². The second kappa shape index (κ2) is 5.38. The van der Waals surface area contributed by atoms with Crippen LogP contribution in [0, 0.1) is 0 Å². The van der Waals surface area contributed by atoms with Crippen molar-refractivity contribution in [2.75, 3.05) is 6.67 Å². The van der Waals surface area contributed by atoms with E-state index in [1.54, 1.807) is 0 Å². The van der Waals surface area contributed by atoms with Crippen LogP contribution in [0.3, 0.4) is 0 Å². The summed E-state index contributed by atoms with van der Waals surface area (Å²) in [6, 6.07) is 7.77. The molecule has 0 spiro atoms. The Hall–Kier alpha value is -1.91. The van der Waals surface area contributed by atoms with Gasteiger partial charge in [-0.1, -0.05) is 36.8 Å². The lowest BCUT2D eigenvalue weighted by Crippen LogP contribution is -2.54. The van der Waals surface area contributed by atoms with Gasteiger partial charge in [0, 0.05) is 0 Å². The SMILES string of the molecule is O=C(O)C(CF)NC(=O)C1(c2ccccc2)CCC1. The van der Waals surface area contributed by atoms with Crippen LogP contribution in [0.15, 0.2) is 30.3 Å². The van der Waals surface area contributed by atoms with Gasteiger partial charge in [0.2, 0.25) is 5.91 Å². The molecule has 0 saturated heterocycles. The highest BCUT2D eigenvalue weighted by Crippen LogP contribution is 2.43. The molecule has 1 aliphatic carbocycles. The van der Waals surface area contributed by atoms with E-state index in [-0.39, 0.29) is 0 Å². The van der Waals surface area contributed by atoms with Crippen molar-refractivity contribution >= 4 is 11.9 Å². The van der Waals surface area contributed by atoms with E-state index in [1.807, 2.05) is 30.3 Å². The van der Waals surface area contributed by atoms with Gasteiger partial charge < -0.3 is 10.4 Å². The van der Waals surface area contributed by atoms with Crippen LogP contribution >= 0.6 is 0 Å². The molecule has 1 aromatic rings. The van der Waals surface area contributed by atoms with E-state index in [2.05, 4.69) is 5.32 Å². The number of amides is 1. The van der Waals surface area contributed by atoms with Crippen LogP contribution in [0.2, 0.25) is 0 Å². The lowest BCUT2D eigenvalue weighted by molar-refractivity contribution is -0.144. The zero-order valence-corrected chi connectivity index (χ0v) is 10.4. The molecule has 0 aliphatic heterocycles. The van der Waals surface area contributed by atoms with Gasteiger partial charge in [0.05, 0.1) is 5.41 Å². The van der Waals surface area contributed by atoms with Crippen molar-refractivity contribution in [1.82, 2.24) is 5.32 Å². The average molecular weight is 265 g/mol. The summed E-state index contributed by atoms with van der Waals surface area (Å²) >= 11 is 0. The minimum atomic E-state index is -1.46. The molecule has 4 nitrogen and oxygen atoms in total. The molecular formula is C14H16FNO3. The minimum Gasteiger partial charge on any atom is -0.480 e. The number of carbonyl (C=O) groups excluding carboxylic acids is 1. The molecule has 1 aliphatic rings. The zero-order chi connectivity index (χ0) is 13.9. The van der Waals surface area contributed by atoms with Gasteiger partial charge in [0.1, 0.15) is 6.67 Å². The quantitative estimate of drug-likeness (QED) is 0.850. The lowest BCUT2D eigenvalue weighted by atomic mass is 9.63. The van der Waals surface area contributed by atoms with Crippen molar-refractivity contribution in [1.29, 1.82) is 0 Å². The summed E-state index contributed by atoms with van der Waals surface area (Å²) in [7, 11) is 0. The fourth-order valence-electron chi connectivity index (χ4n) is 2.40. The monoisotopic (exact) mass is 265 g/mol. The van der Waals surface area contributed by atoms with E-state index < -0.39 is 30.0 Å². The van der Waals surface area contributed by atoms with Crippen molar-refractivity contribution in [2.24, 2.45) is 0 Å². The number of rotatable bonds is 5. The second-order valence-electron chi connectivity index (χ2n) is 4.82. The summed E-state index contributed by atoms with van der Waals surface area (Å²) in [5.41, 5.74) is 0.172. The number of carboxylic acid groups (broad SMARTS) is 1. The molecule has 1 atom stereocenters. The predicted octanol–water partition coefficient (Wildman–Crippen LogP) is 1.65. The predicted molar refractivity (Wildman–Crippen MR) is 67.5 cm³/mol. The van der Waals surface area contributed by atoms with Gasteiger partial charge in [0.15, 0.2) is 6.04 Å². The maximum atomic E-state index is 12.6. The highest BCUT2D eigenvalue weighted by Gasteiger charge is 2.46. The van der Waals surface area contributed by atoms with E-state index in [0.717, 1.165) is 12.0 Å². The third-order valence-electron chi connectivity index (χ3n) is 3.73. The number of carboxylic acids is 1. The number of hydrogen-bond donors (Lipinski definition) is 2. The molecule has 2 N–H and O–H groups in total. The number of hydrogen-bond acceptors (Lipinski definition) is 2. The molecule has 1 unspecified atom stereocenters. The molecule has 102 valence electrons. The minimum absolute atomic E-state index is 0.394. The van der Waals surface area contributed by atoms with Gasteiger partial charge in [-0.2, -0.15) is 0 Å². The lowest BCUT2D eigenvalue weighted by Gasteiger charge is -2.41. The standard InChI is InChI=1S/C14H16FNO3/c15-9-11(12(17)18)16-13(19)14(7-4-8-14)10-5-2-1-3-6-10/h1-3,5-6,11H,4,7-9H2,(H,16,19)(H,17,18). The fourth-order valence-corrected chi connectivity index (χ4v) is 2.40. The fraction of sp³-hybridized carbons (Fsp3) is 0.429. The topological polar surface area (TPSA) is 66.4 Å². The summed E-state index contributed by atoms with van der Waals surface area (Å²) in [5, 5.41) is 11.1. The molecule has 5 heteroatoms. The molecule has 1 fully saturated rings. The summed E-state index contributed by atoms with van der Waals surface area (Å²) in [6.07, 6.45) is 2.25. The molecule has 1 saturated carbocycles. The van der Waals surface area contributed by atoms with Gasteiger partial charge in [-0.25, -0.2) is 9.18 Å². The third kappa shape index (κ3) is 2.45. The highest BCUT2D eigenvalue weighted by molar-refractivity contribution is 5.92. The van der Waals surface area contributed by atoms with Crippen LogP contribution in [0.5, 0.6) is 0 Å². The molecule has 2 rings (SSSR count). The number of aliphatic carboxylic acids is 1. The van der Waals surface area contributed by atoms with Crippen LogP contribution < -0.4 is 5.32 Å². The van der Waals surface area contributed by atoms with Gasteiger partial charge in [-0.15, -0.1) is 0 Å². The molecule has 1 aromatic carbocycles. The molecule has 19 heavy (non-hydrogen) atoms. The van der Waals surface area contributed by atoms with Crippen molar-refractivity contribution in [3.05, 3.63) is 35.9 Å². The Morgan fingerprint density at radius 2 is 1.95 bits per heavy atom. The maximum Gasteiger partial charge on any atom is 0.328 e. The number of carbonyl (C=O) groups is 2. The number of halogens is 1. The van der Waals surface area contributed by atoms with Crippen molar-refractivity contribution in [2.45, 2.75) is 30.7 Å². The Balaban J connectivity index is 2.18. The molecule has 0 radical (unpaired) electrons. The maximum absolute atomic E-state index is 12.6. The van der Waals surface area contributed by atoms with Crippen LogP contribution in [0.4, 0.5) is 4.39 Å². The molecule has 0 aromatic heterocycles. The first-order valence-corrected chi connectivity index (χ1v) is 6.25. The smallest absolute Gasteiger partial charge is 0.328 e. The average Bonchev–Trinajstić information content (AvgIpc) is 2.35. The molecule has 1 amide bonds. The first-order valence-electron chi connectivity index (χ1n) is 6.25. The van der Waals surface area contributed by atoms with Crippen LogP contribution in [0.1, 0.15) is 24.8 Å². The van der Waals surface area contributed by atoms with Crippen molar-refractivity contribution < 1.29 is 19.1 Å². The van der Waals surface area contributed by atoms with Gasteiger partial charge in [-0.3, -0.25) is 4.79 Å². The third-order valence-corrected chi connectivity index (χ3v) is 3.73. The molecule has 0 bridgehead atoms. The number of alkyl halides is 1. The number of nitrogens with one attached hydrogen (secondary N) is 1. The Morgan fingerprint density at radius 1 is 1.32 bits per heavy atom. The normalized spacial score (nSPS) is 18.2. The van der Waals surface area contributed by atoms with Gasteiger partial charge in [0.25, 0.3) is 0 Å². The second-order valence-corrected chi connectivity index (χ2v) is 4.82. The Kier molecular flexibility index (Phi) is 3.83. The Bertz CT molecular complexity index is 471. The zero-order valence-electron chi connectivity index (χ0n) is 10.4. The Labute approximate surface area is 110 Å². The highest BCUT2D eigenvalue weighted by atomic mass is 19.1. The molecule has 0 heterocycles. The van der Waals surface area contributed by atoms with E-state index in [0.29, 0.717) is 12.8 Å². The number of benzene rings is 1. The molecular weight excluding hydrogens is 249 g/mol. The first kappa shape index (κ1) is 13.5. The van der Waals surface area contributed by atoms with Crippen LogP contribution in [-0.4, -0.2) is 29.7 Å². The largest absolute Gasteiger partial charge is 0.480 e. The van der Waals surface area contributed by atoms with Gasteiger partial charge in [-0.05, 0) is 18.4 Å². The van der Waals surface area contributed by atoms with Crippen molar-refractivity contribution in [3.8, 4) is 0 Å². The van der Waals surface area contributed by atoms with E-state index in [4.69, 9.17) is 5.11 Å². The van der Waals surface area contributed by atoms with E-state index >= 15 is 0 Å². The summed E-state index contributed by atoms with van der Waals surface area (Å²) in [4.78, 5) is 23.1. The summed E-state index contributed by atoms with van der Waals surface area (Å²) < 4.78 is 12.6. The van der Waals surface area contributed by atoms with E-state index in [1.165, 1.54) is 0 Å². The van der Waals surface area contributed by atoms with Gasteiger partial charge >= 0.3 is 5.97 Å². The van der Waals surface area contributed by atoms with Crippen LogP contribution in [-0.2, 0) is 15.0 Å². The Morgan fingerprint density at radius 3 is 2.37 bits per heavy atom.